The van der Waals surface area contributed by atoms with Gasteiger partial charge in [0, 0.05) is 25.0 Å². The van der Waals surface area contributed by atoms with Crippen LogP contribution in [0.1, 0.15) is 31.4 Å². The molecular weight excluding hydrogens is 296 g/mol. The van der Waals surface area contributed by atoms with Crippen LogP contribution in [0.25, 0.3) is 0 Å². The van der Waals surface area contributed by atoms with Crippen molar-refractivity contribution in [3.05, 3.63) is 39.9 Å². The lowest BCUT2D eigenvalue weighted by atomic mass is 9.78. The molecule has 2 atom stereocenters. The van der Waals surface area contributed by atoms with E-state index in [9.17, 15) is 14.9 Å². The van der Waals surface area contributed by atoms with Crippen LogP contribution in [0.3, 0.4) is 0 Å². The quantitative estimate of drug-likeness (QED) is 0.617. The van der Waals surface area contributed by atoms with E-state index in [1.54, 1.807) is 17.1 Å². The van der Waals surface area contributed by atoms with Gasteiger partial charge in [0.1, 0.15) is 6.04 Å². The second-order valence-corrected chi connectivity index (χ2v) is 6.44. The molecule has 120 valence electrons. The van der Waals surface area contributed by atoms with E-state index in [1.165, 1.54) is 19.1 Å². The van der Waals surface area contributed by atoms with Crippen LogP contribution in [0.4, 0.5) is 5.69 Å². The van der Waals surface area contributed by atoms with Crippen LogP contribution in [-0.2, 0) is 4.79 Å². The minimum absolute atomic E-state index is 0.0627. The Bertz CT molecular complexity index is 692. The number of hydrazone groups is 1. The molecule has 1 amide bonds. The molecule has 1 aromatic rings. The van der Waals surface area contributed by atoms with Gasteiger partial charge < -0.3 is 0 Å². The van der Waals surface area contributed by atoms with E-state index >= 15 is 0 Å². The molecule has 7 heteroatoms. The number of nitrogens with zero attached hydrogens (tertiary/aromatic N) is 4. The maximum Gasteiger partial charge on any atom is 0.269 e. The zero-order valence-corrected chi connectivity index (χ0v) is 12.9. The smallest absolute Gasteiger partial charge is 0.269 e. The fraction of sp³-hybridized carbons (Fsp3) is 0.500. The number of carbonyl (C=O) groups excluding carboxylic acids is 1. The van der Waals surface area contributed by atoms with Crippen molar-refractivity contribution < 1.29 is 9.72 Å². The molecule has 3 fully saturated rings. The Kier molecular flexibility index (Phi) is 3.19. The molecular formula is C16H18N4O3. The van der Waals surface area contributed by atoms with Crippen molar-refractivity contribution in [3.63, 3.8) is 0 Å². The van der Waals surface area contributed by atoms with E-state index in [4.69, 9.17) is 0 Å². The Balaban J connectivity index is 1.73. The number of rotatable bonds is 2. The van der Waals surface area contributed by atoms with Gasteiger partial charge in [-0.05, 0) is 43.6 Å². The molecule has 3 saturated heterocycles. The van der Waals surface area contributed by atoms with Crippen LogP contribution in [0.2, 0.25) is 0 Å². The number of piperidine rings is 3. The standard InChI is InChI=1S/C16H18N4O3/c1-10(21)19-15(12-2-4-13(5-3-12)20(22)23)16-14(17-19)11-6-8-18(16)9-7-11/h2-5,11,15-16H,6-9H2,1H3. The summed E-state index contributed by atoms with van der Waals surface area (Å²) < 4.78 is 0. The van der Waals surface area contributed by atoms with Crippen molar-refractivity contribution in [2.75, 3.05) is 13.1 Å². The minimum Gasteiger partial charge on any atom is -0.293 e. The Morgan fingerprint density at radius 3 is 2.43 bits per heavy atom. The van der Waals surface area contributed by atoms with Gasteiger partial charge in [0.15, 0.2) is 0 Å². The topological polar surface area (TPSA) is 79.0 Å². The van der Waals surface area contributed by atoms with Crippen LogP contribution in [-0.4, -0.2) is 45.6 Å². The summed E-state index contributed by atoms with van der Waals surface area (Å²) in [5.74, 6) is 0.380. The first kappa shape index (κ1) is 14.3. The largest absolute Gasteiger partial charge is 0.293 e. The molecule has 0 radical (unpaired) electrons. The Morgan fingerprint density at radius 1 is 1.22 bits per heavy atom. The van der Waals surface area contributed by atoms with Crippen LogP contribution >= 0.6 is 0 Å². The van der Waals surface area contributed by atoms with Crippen molar-refractivity contribution in [2.45, 2.75) is 31.8 Å². The van der Waals surface area contributed by atoms with Crippen molar-refractivity contribution in [1.82, 2.24) is 9.91 Å². The number of nitro benzene ring substituents is 1. The van der Waals surface area contributed by atoms with Gasteiger partial charge in [0.05, 0.1) is 16.7 Å². The Hall–Kier alpha value is -2.28. The highest BCUT2D eigenvalue weighted by Crippen LogP contribution is 2.43. The molecule has 2 bridgehead atoms. The third-order valence-corrected chi connectivity index (χ3v) is 5.20. The maximum atomic E-state index is 12.1. The van der Waals surface area contributed by atoms with Gasteiger partial charge in [0.25, 0.3) is 5.69 Å². The number of nitro groups is 1. The fourth-order valence-corrected chi connectivity index (χ4v) is 4.11. The number of hydrogen-bond donors (Lipinski definition) is 0. The summed E-state index contributed by atoms with van der Waals surface area (Å²) in [6, 6.07) is 6.45. The van der Waals surface area contributed by atoms with Crippen LogP contribution in [0, 0.1) is 16.0 Å². The van der Waals surface area contributed by atoms with E-state index < -0.39 is 4.92 Å². The highest BCUT2D eigenvalue weighted by atomic mass is 16.6. The average molecular weight is 314 g/mol. The second kappa shape index (κ2) is 5.13. The normalized spacial score (nSPS) is 31.7. The molecule has 23 heavy (non-hydrogen) atoms. The molecule has 0 aliphatic carbocycles. The molecule has 5 rings (SSSR count). The SMILES string of the molecule is CC(=O)N1N=C2C3CCN(CC3)C2C1c1ccc([N+](=O)[O-])cc1. The summed E-state index contributed by atoms with van der Waals surface area (Å²) in [5, 5.41) is 17.0. The van der Waals surface area contributed by atoms with E-state index in [0.29, 0.717) is 5.92 Å². The first-order chi connectivity index (χ1) is 11.1. The predicted molar refractivity (Wildman–Crippen MR) is 83.9 cm³/mol. The predicted octanol–water partition coefficient (Wildman–Crippen LogP) is 1.95. The summed E-state index contributed by atoms with van der Waals surface area (Å²) in [5.41, 5.74) is 2.08. The molecule has 1 aromatic carbocycles. The minimum atomic E-state index is -0.408. The van der Waals surface area contributed by atoms with Gasteiger partial charge in [-0.25, -0.2) is 5.01 Å². The molecule has 4 aliphatic heterocycles. The van der Waals surface area contributed by atoms with E-state index in [1.807, 2.05) is 0 Å². The zero-order valence-electron chi connectivity index (χ0n) is 12.9. The van der Waals surface area contributed by atoms with Crippen LogP contribution in [0.15, 0.2) is 29.4 Å². The number of benzene rings is 1. The number of amides is 1. The van der Waals surface area contributed by atoms with Gasteiger partial charge in [-0.15, -0.1) is 0 Å². The molecule has 7 nitrogen and oxygen atoms in total. The maximum absolute atomic E-state index is 12.1. The number of fused-ring (bicyclic) bond motifs is 2. The van der Waals surface area contributed by atoms with Gasteiger partial charge in [-0.2, -0.15) is 5.10 Å². The Morgan fingerprint density at radius 2 is 1.87 bits per heavy atom. The molecule has 0 saturated carbocycles. The van der Waals surface area contributed by atoms with Crippen LogP contribution in [0.5, 0.6) is 0 Å². The van der Waals surface area contributed by atoms with Crippen molar-refractivity contribution >= 4 is 17.3 Å². The van der Waals surface area contributed by atoms with Crippen LogP contribution < -0.4 is 0 Å². The lowest BCUT2D eigenvalue weighted by Crippen LogP contribution is -2.56. The molecule has 0 aromatic heterocycles. The van der Waals surface area contributed by atoms with E-state index in [0.717, 1.165) is 37.2 Å². The summed E-state index contributed by atoms with van der Waals surface area (Å²) >= 11 is 0. The highest BCUT2D eigenvalue weighted by molar-refractivity contribution is 5.97. The number of carbonyl (C=O) groups is 1. The van der Waals surface area contributed by atoms with Crippen molar-refractivity contribution in [2.24, 2.45) is 11.0 Å². The monoisotopic (exact) mass is 314 g/mol. The van der Waals surface area contributed by atoms with E-state index in [-0.39, 0.29) is 23.7 Å². The number of hydrogen-bond acceptors (Lipinski definition) is 5. The fourth-order valence-electron chi connectivity index (χ4n) is 4.11. The molecule has 0 N–H and O–H groups in total. The van der Waals surface area contributed by atoms with Gasteiger partial charge in [-0.1, -0.05) is 0 Å². The zero-order chi connectivity index (χ0) is 16.1. The highest BCUT2D eigenvalue weighted by Gasteiger charge is 2.50. The summed E-state index contributed by atoms with van der Waals surface area (Å²) in [6.45, 7) is 3.59. The summed E-state index contributed by atoms with van der Waals surface area (Å²) in [7, 11) is 0. The Labute approximate surface area is 133 Å². The van der Waals surface area contributed by atoms with Gasteiger partial charge >= 0.3 is 0 Å². The third kappa shape index (κ3) is 2.15. The third-order valence-electron chi connectivity index (χ3n) is 5.20. The van der Waals surface area contributed by atoms with Crippen molar-refractivity contribution in [1.29, 1.82) is 0 Å². The first-order valence-electron chi connectivity index (χ1n) is 7.93. The number of non-ortho nitro benzene ring substituents is 1. The van der Waals surface area contributed by atoms with E-state index in [2.05, 4.69) is 10.0 Å². The lowest BCUT2D eigenvalue weighted by Gasteiger charge is -2.46. The summed E-state index contributed by atoms with van der Waals surface area (Å²) in [4.78, 5) is 24.9. The molecule has 4 aliphatic rings. The summed E-state index contributed by atoms with van der Waals surface area (Å²) in [6.07, 6.45) is 2.21. The second-order valence-electron chi connectivity index (χ2n) is 6.44. The molecule has 0 spiro atoms. The van der Waals surface area contributed by atoms with Crippen molar-refractivity contribution in [3.8, 4) is 0 Å². The lowest BCUT2D eigenvalue weighted by molar-refractivity contribution is -0.384. The average Bonchev–Trinajstić information content (AvgIpc) is 2.99. The molecule has 2 unspecified atom stereocenters. The molecule has 4 heterocycles. The first-order valence-corrected chi connectivity index (χ1v) is 7.93. The van der Waals surface area contributed by atoms with Gasteiger partial charge in [-0.3, -0.25) is 19.8 Å². The van der Waals surface area contributed by atoms with Gasteiger partial charge in [0.2, 0.25) is 5.91 Å².